The number of ether oxygens (including phenoxy) is 1. The summed E-state index contributed by atoms with van der Waals surface area (Å²) in [4.78, 5) is 12.0. The summed E-state index contributed by atoms with van der Waals surface area (Å²) in [6, 6.07) is 14.6. The van der Waals surface area contributed by atoms with Crippen molar-refractivity contribution >= 4 is 17.5 Å². The Balaban J connectivity index is 1.92. The highest BCUT2D eigenvalue weighted by Gasteiger charge is 2.05. The van der Waals surface area contributed by atoms with Crippen molar-refractivity contribution in [2.75, 3.05) is 0 Å². The van der Waals surface area contributed by atoms with Crippen molar-refractivity contribution in [1.82, 2.24) is 5.32 Å². The van der Waals surface area contributed by atoms with Crippen molar-refractivity contribution in [3.8, 4) is 5.75 Å². The average Bonchev–Trinajstić information content (AvgIpc) is 2.45. The van der Waals surface area contributed by atoms with Crippen molar-refractivity contribution in [1.29, 1.82) is 0 Å². The number of benzene rings is 2. The van der Waals surface area contributed by atoms with E-state index in [9.17, 15) is 4.79 Å². The lowest BCUT2D eigenvalue weighted by molar-refractivity contribution is 0.0951. The molecule has 1 amide bonds. The van der Waals surface area contributed by atoms with Gasteiger partial charge in [0, 0.05) is 17.1 Å². The van der Waals surface area contributed by atoms with E-state index in [0.717, 1.165) is 11.3 Å². The molecule has 2 aromatic rings. The first-order valence-electron chi connectivity index (χ1n) is 6.84. The third-order valence-corrected chi connectivity index (χ3v) is 3.07. The van der Waals surface area contributed by atoms with Crippen LogP contribution in [0.1, 0.15) is 29.8 Å². The maximum Gasteiger partial charge on any atom is 0.251 e. The van der Waals surface area contributed by atoms with Crippen LogP contribution in [0.5, 0.6) is 5.75 Å². The van der Waals surface area contributed by atoms with Crippen LogP contribution >= 0.6 is 11.6 Å². The van der Waals surface area contributed by atoms with Gasteiger partial charge in [0.2, 0.25) is 0 Å². The van der Waals surface area contributed by atoms with E-state index in [1.54, 1.807) is 24.3 Å². The second kappa shape index (κ2) is 7.14. The molecule has 0 bridgehead atoms. The maximum absolute atomic E-state index is 12.0. The highest BCUT2D eigenvalue weighted by molar-refractivity contribution is 6.30. The number of rotatable bonds is 5. The van der Waals surface area contributed by atoms with E-state index in [2.05, 4.69) is 5.32 Å². The van der Waals surface area contributed by atoms with Crippen LogP contribution in [0.4, 0.5) is 0 Å². The molecule has 0 aliphatic rings. The number of carbonyl (C=O) groups is 1. The van der Waals surface area contributed by atoms with E-state index in [-0.39, 0.29) is 12.0 Å². The smallest absolute Gasteiger partial charge is 0.251 e. The Morgan fingerprint density at radius 3 is 2.52 bits per heavy atom. The monoisotopic (exact) mass is 303 g/mol. The summed E-state index contributed by atoms with van der Waals surface area (Å²) >= 11 is 5.87. The first-order chi connectivity index (χ1) is 10.0. The minimum Gasteiger partial charge on any atom is -0.491 e. The fraction of sp³-hybridized carbons (Fsp3) is 0.235. The second-order valence-electron chi connectivity index (χ2n) is 5.00. The molecule has 21 heavy (non-hydrogen) atoms. The first-order valence-corrected chi connectivity index (χ1v) is 7.22. The topological polar surface area (TPSA) is 38.3 Å². The lowest BCUT2D eigenvalue weighted by Gasteiger charge is -2.10. The number of hydrogen-bond acceptors (Lipinski definition) is 2. The number of nitrogens with one attached hydrogen (secondary N) is 1. The van der Waals surface area contributed by atoms with Crippen molar-refractivity contribution in [2.24, 2.45) is 0 Å². The lowest BCUT2D eigenvalue weighted by Crippen LogP contribution is -2.22. The number of carbonyl (C=O) groups excluding carboxylic acids is 1. The molecule has 0 atom stereocenters. The molecule has 2 aromatic carbocycles. The van der Waals surface area contributed by atoms with Gasteiger partial charge in [0.25, 0.3) is 5.91 Å². The molecular formula is C17H18ClNO2. The molecule has 110 valence electrons. The first kappa shape index (κ1) is 15.4. The van der Waals surface area contributed by atoms with Gasteiger partial charge in [-0.3, -0.25) is 4.79 Å². The van der Waals surface area contributed by atoms with Crippen LogP contribution in [0.3, 0.4) is 0 Å². The van der Waals surface area contributed by atoms with E-state index < -0.39 is 0 Å². The molecule has 0 radical (unpaired) electrons. The van der Waals surface area contributed by atoms with Gasteiger partial charge in [-0.25, -0.2) is 0 Å². The van der Waals surface area contributed by atoms with Gasteiger partial charge >= 0.3 is 0 Å². The Morgan fingerprint density at radius 1 is 1.19 bits per heavy atom. The van der Waals surface area contributed by atoms with Crippen LogP contribution in [-0.2, 0) is 6.54 Å². The number of hydrogen-bond donors (Lipinski definition) is 1. The largest absolute Gasteiger partial charge is 0.491 e. The zero-order valence-electron chi connectivity index (χ0n) is 12.1. The third kappa shape index (κ3) is 4.80. The Morgan fingerprint density at radius 2 is 1.90 bits per heavy atom. The van der Waals surface area contributed by atoms with E-state index in [4.69, 9.17) is 16.3 Å². The molecule has 0 aliphatic heterocycles. The van der Waals surface area contributed by atoms with E-state index in [0.29, 0.717) is 17.1 Å². The molecule has 0 aliphatic carbocycles. The summed E-state index contributed by atoms with van der Waals surface area (Å²) in [7, 11) is 0. The summed E-state index contributed by atoms with van der Waals surface area (Å²) in [5.41, 5.74) is 1.57. The highest BCUT2D eigenvalue weighted by Crippen LogP contribution is 2.14. The molecule has 0 heterocycles. The van der Waals surface area contributed by atoms with Crippen LogP contribution in [-0.4, -0.2) is 12.0 Å². The SMILES string of the molecule is CC(C)Oc1ccc(CNC(=O)c2cccc(Cl)c2)cc1. The predicted octanol–water partition coefficient (Wildman–Crippen LogP) is 4.06. The van der Waals surface area contributed by atoms with Crippen LogP contribution in [0.25, 0.3) is 0 Å². The molecule has 0 saturated heterocycles. The van der Waals surface area contributed by atoms with Gasteiger partial charge < -0.3 is 10.1 Å². The van der Waals surface area contributed by atoms with Gasteiger partial charge in [-0.15, -0.1) is 0 Å². The minimum absolute atomic E-state index is 0.139. The zero-order chi connectivity index (χ0) is 15.2. The summed E-state index contributed by atoms with van der Waals surface area (Å²) in [6.45, 7) is 4.44. The highest BCUT2D eigenvalue weighted by atomic mass is 35.5. The molecule has 1 N–H and O–H groups in total. The van der Waals surface area contributed by atoms with Crippen molar-refractivity contribution < 1.29 is 9.53 Å². The summed E-state index contributed by atoms with van der Waals surface area (Å²) in [5.74, 6) is 0.690. The van der Waals surface area contributed by atoms with E-state index in [1.807, 2.05) is 38.1 Å². The van der Waals surface area contributed by atoms with E-state index in [1.165, 1.54) is 0 Å². The van der Waals surface area contributed by atoms with Crippen molar-refractivity contribution in [2.45, 2.75) is 26.5 Å². The van der Waals surface area contributed by atoms with Gasteiger partial charge in [-0.1, -0.05) is 29.8 Å². The molecule has 0 aromatic heterocycles. The molecule has 3 nitrogen and oxygen atoms in total. The fourth-order valence-electron chi connectivity index (χ4n) is 1.87. The van der Waals surface area contributed by atoms with Crippen LogP contribution < -0.4 is 10.1 Å². The van der Waals surface area contributed by atoms with Crippen molar-refractivity contribution in [3.05, 3.63) is 64.7 Å². The Kier molecular flexibility index (Phi) is 5.23. The molecule has 0 saturated carbocycles. The van der Waals surface area contributed by atoms with Crippen molar-refractivity contribution in [3.63, 3.8) is 0 Å². The Bertz CT molecular complexity index is 608. The van der Waals surface area contributed by atoms with Crippen LogP contribution in [0.2, 0.25) is 5.02 Å². The summed E-state index contributed by atoms with van der Waals surface area (Å²) < 4.78 is 5.58. The average molecular weight is 304 g/mol. The molecule has 2 rings (SSSR count). The van der Waals surface area contributed by atoms with Gasteiger partial charge in [0.05, 0.1) is 6.10 Å². The van der Waals surface area contributed by atoms with Gasteiger partial charge in [-0.05, 0) is 49.7 Å². The molecule has 0 unspecified atom stereocenters. The van der Waals surface area contributed by atoms with Crippen LogP contribution in [0, 0.1) is 0 Å². The summed E-state index contributed by atoms with van der Waals surface area (Å²) in [6.07, 6.45) is 0.151. The fourth-order valence-corrected chi connectivity index (χ4v) is 2.06. The molecule has 0 spiro atoms. The number of amides is 1. The van der Waals surface area contributed by atoms with Gasteiger partial charge in [0.1, 0.15) is 5.75 Å². The van der Waals surface area contributed by atoms with E-state index >= 15 is 0 Å². The molecular weight excluding hydrogens is 286 g/mol. The maximum atomic E-state index is 12.0. The van der Waals surface area contributed by atoms with Crippen LogP contribution in [0.15, 0.2) is 48.5 Å². The lowest BCUT2D eigenvalue weighted by atomic mass is 10.2. The Hall–Kier alpha value is -2.00. The quantitative estimate of drug-likeness (QED) is 0.904. The normalized spacial score (nSPS) is 10.5. The van der Waals surface area contributed by atoms with Gasteiger partial charge in [0.15, 0.2) is 0 Å². The van der Waals surface area contributed by atoms with Gasteiger partial charge in [-0.2, -0.15) is 0 Å². The Labute approximate surface area is 129 Å². The predicted molar refractivity (Wildman–Crippen MR) is 84.8 cm³/mol. The molecule has 4 heteroatoms. The third-order valence-electron chi connectivity index (χ3n) is 2.84. The summed E-state index contributed by atoms with van der Waals surface area (Å²) in [5, 5.41) is 3.42. The minimum atomic E-state index is -0.139. The standard InChI is InChI=1S/C17H18ClNO2/c1-12(2)21-16-8-6-13(7-9-16)11-19-17(20)14-4-3-5-15(18)10-14/h3-10,12H,11H2,1-2H3,(H,19,20). The zero-order valence-corrected chi connectivity index (χ0v) is 12.9. The number of halogens is 1. The molecule has 0 fully saturated rings. The second-order valence-corrected chi connectivity index (χ2v) is 5.44.